The smallest absolute Gasteiger partial charge is 0.224 e. The zero-order chi connectivity index (χ0) is 16.5. The molecule has 0 bridgehead atoms. The Balaban J connectivity index is 1.27. The van der Waals surface area contributed by atoms with Crippen molar-refractivity contribution in [1.82, 2.24) is 10.2 Å². The highest BCUT2D eigenvalue weighted by Crippen LogP contribution is 2.37. The standard InChI is InChI=1S/C19H26N2O3/c22-11-14-3-1-13(2-4-14)7-19(23)20-16-8-17-12-24-18(15-5-6-15)10-21(17)9-16/h1-4,15-18,22H,5-12H2,(H,20,23)/t16-,17-,18-/m0/s1. The molecule has 1 aromatic rings. The van der Waals surface area contributed by atoms with Crippen molar-refractivity contribution in [2.24, 2.45) is 5.92 Å². The van der Waals surface area contributed by atoms with E-state index in [1.54, 1.807) is 0 Å². The number of carbonyl (C=O) groups is 1. The molecule has 1 saturated carbocycles. The number of fused-ring (bicyclic) bond motifs is 1. The number of benzene rings is 1. The number of morpholine rings is 1. The largest absolute Gasteiger partial charge is 0.392 e. The lowest BCUT2D eigenvalue weighted by atomic mass is 10.1. The number of nitrogens with zero attached hydrogens (tertiary/aromatic N) is 1. The van der Waals surface area contributed by atoms with E-state index < -0.39 is 0 Å². The van der Waals surface area contributed by atoms with Crippen molar-refractivity contribution in [2.45, 2.75) is 50.5 Å². The number of hydrogen-bond acceptors (Lipinski definition) is 4. The van der Waals surface area contributed by atoms with Gasteiger partial charge in [-0.2, -0.15) is 0 Å². The van der Waals surface area contributed by atoms with E-state index >= 15 is 0 Å². The topological polar surface area (TPSA) is 61.8 Å². The Morgan fingerprint density at radius 2 is 1.96 bits per heavy atom. The van der Waals surface area contributed by atoms with Gasteiger partial charge in [-0.1, -0.05) is 24.3 Å². The number of carbonyl (C=O) groups excluding carboxylic acids is 1. The maximum absolute atomic E-state index is 12.3. The second-order valence-electron chi connectivity index (χ2n) is 7.47. The summed E-state index contributed by atoms with van der Waals surface area (Å²) in [5.74, 6) is 0.859. The number of aliphatic hydroxyl groups is 1. The molecule has 1 aromatic carbocycles. The SMILES string of the molecule is O=C(Cc1ccc(CO)cc1)N[C@H]1C[C@H]2CO[C@H](C3CC3)CN2C1. The molecule has 3 fully saturated rings. The predicted molar refractivity (Wildman–Crippen MR) is 90.4 cm³/mol. The summed E-state index contributed by atoms with van der Waals surface area (Å²) in [4.78, 5) is 14.8. The normalized spacial score (nSPS) is 30.1. The summed E-state index contributed by atoms with van der Waals surface area (Å²) < 4.78 is 6.01. The Kier molecular flexibility index (Phi) is 4.57. The van der Waals surface area contributed by atoms with E-state index in [0.717, 1.165) is 43.2 Å². The molecule has 1 aliphatic carbocycles. The zero-order valence-electron chi connectivity index (χ0n) is 14.0. The summed E-state index contributed by atoms with van der Waals surface area (Å²) in [7, 11) is 0. The average molecular weight is 330 g/mol. The first kappa shape index (κ1) is 16.1. The number of ether oxygens (including phenoxy) is 1. The monoisotopic (exact) mass is 330 g/mol. The van der Waals surface area contributed by atoms with Crippen molar-refractivity contribution in [3.05, 3.63) is 35.4 Å². The fourth-order valence-electron chi connectivity index (χ4n) is 3.98. The lowest BCUT2D eigenvalue weighted by Crippen LogP contribution is -2.47. The van der Waals surface area contributed by atoms with Crippen molar-refractivity contribution >= 4 is 5.91 Å². The van der Waals surface area contributed by atoms with Crippen molar-refractivity contribution in [3.63, 3.8) is 0 Å². The Bertz CT molecular complexity index is 585. The molecule has 2 aliphatic heterocycles. The summed E-state index contributed by atoms with van der Waals surface area (Å²) in [6, 6.07) is 8.27. The molecule has 0 spiro atoms. The molecule has 0 unspecified atom stereocenters. The third kappa shape index (κ3) is 3.63. The fourth-order valence-corrected chi connectivity index (χ4v) is 3.98. The molecule has 2 N–H and O–H groups in total. The van der Waals surface area contributed by atoms with Crippen LogP contribution < -0.4 is 5.32 Å². The highest BCUT2D eigenvalue weighted by atomic mass is 16.5. The summed E-state index contributed by atoms with van der Waals surface area (Å²) in [6.07, 6.45) is 4.44. The van der Waals surface area contributed by atoms with Gasteiger partial charge in [0.15, 0.2) is 0 Å². The second-order valence-corrected chi connectivity index (χ2v) is 7.47. The first-order valence-electron chi connectivity index (χ1n) is 9.05. The molecule has 5 heteroatoms. The van der Waals surface area contributed by atoms with Gasteiger partial charge in [0.25, 0.3) is 0 Å². The minimum Gasteiger partial charge on any atom is -0.392 e. The molecule has 3 aliphatic rings. The summed E-state index contributed by atoms with van der Waals surface area (Å²) in [5, 5.41) is 12.3. The molecule has 5 nitrogen and oxygen atoms in total. The van der Waals surface area contributed by atoms with Crippen LogP contribution in [0.5, 0.6) is 0 Å². The molecule has 0 radical (unpaired) electrons. The molecule has 2 heterocycles. The average Bonchev–Trinajstić information content (AvgIpc) is 3.35. The van der Waals surface area contributed by atoms with E-state index in [1.807, 2.05) is 24.3 Å². The first-order valence-corrected chi connectivity index (χ1v) is 9.05. The number of aliphatic hydroxyl groups excluding tert-OH is 1. The maximum Gasteiger partial charge on any atom is 0.224 e. The second kappa shape index (κ2) is 6.82. The minimum absolute atomic E-state index is 0.0374. The summed E-state index contributed by atoms with van der Waals surface area (Å²) >= 11 is 0. The van der Waals surface area contributed by atoms with Crippen LogP contribution in [0.3, 0.4) is 0 Å². The number of amides is 1. The van der Waals surface area contributed by atoms with Gasteiger partial charge in [-0.25, -0.2) is 0 Å². The number of rotatable bonds is 5. The Hall–Kier alpha value is -1.43. The van der Waals surface area contributed by atoms with Gasteiger partial charge in [-0.15, -0.1) is 0 Å². The molecule has 2 saturated heterocycles. The van der Waals surface area contributed by atoms with Crippen LogP contribution in [-0.4, -0.2) is 53.8 Å². The van der Waals surface area contributed by atoms with Gasteiger partial charge in [0.1, 0.15) is 0 Å². The predicted octanol–water partition coefficient (Wildman–Crippen LogP) is 1.09. The minimum atomic E-state index is 0.0374. The Morgan fingerprint density at radius 3 is 2.67 bits per heavy atom. The maximum atomic E-state index is 12.3. The van der Waals surface area contributed by atoms with Crippen molar-refractivity contribution in [3.8, 4) is 0 Å². The summed E-state index contributed by atoms with van der Waals surface area (Å²) in [5.41, 5.74) is 1.86. The quantitative estimate of drug-likeness (QED) is 0.848. The van der Waals surface area contributed by atoms with Crippen molar-refractivity contribution in [1.29, 1.82) is 0 Å². The zero-order valence-corrected chi connectivity index (χ0v) is 14.0. The molecule has 3 atom stereocenters. The van der Waals surface area contributed by atoms with Crippen LogP contribution in [0, 0.1) is 5.92 Å². The van der Waals surface area contributed by atoms with E-state index in [9.17, 15) is 4.79 Å². The number of hydrogen-bond donors (Lipinski definition) is 2. The van der Waals surface area contributed by atoms with Crippen LogP contribution in [0.15, 0.2) is 24.3 Å². The molecule has 1 amide bonds. The Morgan fingerprint density at radius 1 is 1.21 bits per heavy atom. The molecule has 0 aromatic heterocycles. The van der Waals surface area contributed by atoms with E-state index in [2.05, 4.69) is 10.2 Å². The van der Waals surface area contributed by atoms with E-state index in [1.165, 1.54) is 12.8 Å². The molecular formula is C19H26N2O3. The van der Waals surface area contributed by atoms with E-state index in [-0.39, 0.29) is 18.6 Å². The van der Waals surface area contributed by atoms with Crippen LogP contribution in [0.1, 0.15) is 30.4 Å². The van der Waals surface area contributed by atoms with Gasteiger partial charge < -0.3 is 15.2 Å². The van der Waals surface area contributed by atoms with Gasteiger partial charge in [0.2, 0.25) is 5.91 Å². The molecule has 24 heavy (non-hydrogen) atoms. The van der Waals surface area contributed by atoms with E-state index in [4.69, 9.17) is 9.84 Å². The molecular weight excluding hydrogens is 304 g/mol. The molecule has 4 rings (SSSR count). The summed E-state index contributed by atoms with van der Waals surface area (Å²) in [6.45, 7) is 2.84. The van der Waals surface area contributed by atoms with Gasteiger partial charge in [0, 0.05) is 25.2 Å². The fraction of sp³-hybridized carbons (Fsp3) is 0.632. The van der Waals surface area contributed by atoms with Crippen LogP contribution in [0.25, 0.3) is 0 Å². The third-order valence-electron chi connectivity index (χ3n) is 5.53. The van der Waals surface area contributed by atoms with Crippen molar-refractivity contribution in [2.75, 3.05) is 19.7 Å². The molecule has 130 valence electrons. The van der Waals surface area contributed by atoms with Crippen LogP contribution in [0.2, 0.25) is 0 Å². The van der Waals surface area contributed by atoms with Gasteiger partial charge >= 0.3 is 0 Å². The Labute approximate surface area is 143 Å². The van der Waals surface area contributed by atoms with E-state index in [0.29, 0.717) is 18.6 Å². The third-order valence-corrected chi connectivity index (χ3v) is 5.53. The lowest BCUT2D eigenvalue weighted by Gasteiger charge is -2.35. The van der Waals surface area contributed by atoms with Gasteiger partial charge in [-0.3, -0.25) is 9.69 Å². The lowest BCUT2D eigenvalue weighted by molar-refractivity contribution is -0.121. The van der Waals surface area contributed by atoms with Gasteiger partial charge in [0.05, 0.1) is 25.7 Å². The first-order chi connectivity index (χ1) is 11.7. The van der Waals surface area contributed by atoms with Crippen LogP contribution in [0.4, 0.5) is 0 Å². The van der Waals surface area contributed by atoms with Gasteiger partial charge in [-0.05, 0) is 36.3 Å². The highest BCUT2D eigenvalue weighted by Gasteiger charge is 2.42. The van der Waals surface area contributed by atoms with Crippen molar-refractivity contribution < 1.29 is 14.6 Å². The highest BCUT2D eigenvalue weighted by molar-refractivity contribution is 5.78. The van der Waals surface area contributed by atoms with Crippen LogP contribution in [-0.2, 0) is 22.6 Å². The van der Waals surface area contributed by atoms with Crippen LogP contribution >= 0.6 is 0 Å². The number of nitrogens with one attached hydrogen (secondary N) is 1.